The van der Waals surface area contributed by atoms with E-state index in [4.69, 9.17) is 4.74 Å². The van der Waals surface area contributed by atoms with Crippen molar-refractivity contribution in [2.45, 2.75) is 57.6 Å². The predicted molar refractivity (Wildman–Crippen MR) is 119 cm³/mol. The molecule has 0 saturated heterocycles. The van der Waals surface area contributed by atoms with Crippen LogP contribution in [0.15, 0.2) is 39.6 Å². The molecule has 31 heavy (non-hydrogen) atoms. The van der Waals surface area contributed by atoms with Crippen molar-refractivity contribution in [2.24, 2.45) is 0 Å². The van der Waals surface area contributed by atoms with Gasteiger partial charge in [-0.1, -0.05) is 25.3 Å². The van der Waals surface area contributed by atoms with Crippen LogP contribution in [-0.4, -0.2) is 29.7 Å². The summed E-state index contributed by atoms with van der Waals surface area (Å²) in [7, 11) is 0. The maximum Gasteiger partial charge on any atom is 0.255 e. The van der Waals surface area contributed by atoms with Crippen molar-refractivity contribution in [1.29, 1.82) is 0 Å². The summed E-state index contributed by atoms with van der Waals surface area (Å²) in [4.78, 5) is 36.8. The number of phenols is 1. The van der Waals surface area contributed by atoms with Gasteiger partial charge in [-0.3, -0.25) is 14.4 Å². The normalized spacial score (nSPS) is 19.0. The Hall–Kier alpha value is -3.29. The highest BCUT2D eigenvalue weighted by atomic mass is 16.5. The molecule has 1 fully saturated rings. The van der Waals surface area contributed by atoms with Crippen LogP contribution in [0.1, 0.15) is 55.8 Å². The number of benzene rings is 1. The molecule has 1 aliphatic carbocycles. The summed E-state index contributed by atoms with van der Waals surface area (Å²) in [5, 5.41) is 19.4. The Kier molecular flexibility index (Phi) is 5.97. The molecule has 2 aromatic rings. The second kappa shape index (κ2) is 8.83. The molecule has 1 saturated carbocycles. The lowest BCUT2D eigenvalue weighted by atomic mass is 9.95. The Bertz CT molecular complexity index is 1080. The summed E-state index contributed by atoms with van der Waals surface area (Å²) in [5.74, 6) is -0.605. The van der Waals surface area contributed by atoms with E-state index in [1.54, 1.807) is 18.4 Å². The van der Waals surface area contributed by atoms with Gasteiger partial charge >= 0.3 is 0 Å². The van der Waals surface area contributed by atoms with Crippen LogP contribution in [0.3, 0.4) is 0 Å². The van der Waals surface area contributed by atoms with Gasteiger partial charge in [0.05, 0.1) is 24.1 Å². The molecule has 4 N–H and O–H groups in total. The van der Waals surface area contributed by atoms with Crippen LogP contribution >= 0.6 is 0 Å². The van der Waals surface area contributed by atoms with Gasteiger partial charge in [-0.05, 0) is 37.5 Å². The highest BCUT2D eigenvalue weighted by Gasteiger charge is 2.25. The second-order valence-electron chi connectivity index (χ2n) is 8.35. The number of amides is 1. The van der Waals surface area contributed by atoms with Gasteiger partial charge in [-0.2, -0.15) is 0 Å². The first-order valence-electron chi connectivity index (χ1n) is 10.7. The molecule has 0 radical (unpaired) electrons. The minimum Gasteiger partial charge on any atom is -0.505 e. The maximum atomic E-state index is 12.6. The van der Waals surface area contributed by atoms with Crippen LogP contribution in [0.2, 0.25) is 0 Å². The molecule has 8 nitrogen and oxygen atoms in total. The second-order valence-corrected chi connectivity index (χ2v) is 8.35. The Balaban J connectivity index is 1.45. The molecule has 1 aliphatic heterocycles. The fraction of sp³-hybridized carbons (Fsp3) is 0.435. The van der Waals surface area contributed by atoms with Crippen LogP contribution in [0.5, 0.6) is 5.75 Å². The summed E-state index contributed by atoms with van der Waals surface area (Å²) in [6.07, 6.45) is 7.56. The molecule has 1 atom stereocenters. The molecule has 2 aliphatic rings. The fourth-order valence-electron chi connectivity index (χ4n) is 4.16. The largest absolute Gasteiger partial charge is 0.505 e. The van der Waals surface area contributed by atoms with Crippen molar-refractivity contribution in [3.63, 3.8) is 0 Å². The zero-order valence-electron chi connectivity index (χ0n) is 17.5. The molecule has 0 bridgehead atoms. The third-order valence-corrected chi connectivity index (χ3v) is 5.91. The lowest BCUT2D eigenvalue weighted by molar-refractivity contribution is 0.0925. The number of carbonyl (C=O) groups excluding carboxylic acids is 1. The van der Waals surface area contributed by atoms with Gasteiger partial charge in [0.2, 0.25) is 0 Å². The van der Waals surface area contributed by atoms with Crippen molar-refractivity contribution < 1.29 is 14.6 Å². The molecule has 1 heterocycles. The summed E-state index contributed by atoms with van der Waals surface area (Å²) in [6.45, 7) is 2.34. The molecule has 8 heteroatoms. The first-order valence-corrected chi connectivity index (χ1v) is 10.7. The predicted octanol–water partition coefficient (Wildman–Crippen LogP) is 2.90. The summed E-state index contributed by atoms with van der Waals surface area (Å²) in [6, 6.07) is 4.82. The number of para-hydroxylation sites is 1. The van der Waals surface area contributed by atoms with Gasteiger partial charge in [0, 0.05) is 12.5 Å². The maximum absolute atomic E-state index is 12.6. The number of rotatable bonds is 7. The number of hydrogen-bond donors (Lipinski definition) is 4. The highest BCUT2D eigenvalue weighted by molar-refractivity contribution is 5.99. The first kappa shape index (κ1) is 21.0. The van der Waals surface area contributed by atoms with E-state index in [-0.39, 0.29) is 46.4 Å². The molecule has 4 rings (SSSR count). The zero-order chi connectivity index (χ0) is 22.0. The van der Waals surface area contributed by atoms with Crippen LogP contribution in [0.25, 0.3) is 0 Å². The van der Waals surface area contributed by atoms with E-state index in [9.17, 15) is 19.5 Å². The van der Waals surface area contributed by atoms with Gasteiger partial charge in [-0.15, -0.1) is 0 Å². The number of carbonyl (C=O) groups is 1. The van der Waals surface area contributed by atoms with Crippen molar-refractivity contribution in [3.05, 3.63) is 56.0 Å². The molecule has 2 aromatic carbocycles. The standard InChI is InChI=1S/C23H27N3O5/c1-13-10-15(31-12-13)11-24-18-19(22(29)21(18)28)26-17-9-5-8-16(20(17)27)23(30)25-14-6-3-2-4-7-14/h5,8-9,12,14-15,24,26-27H,2-4,6-7,10-11H2,1H3,(H,25,30). The first-order chi connectivity index (χ1) is 14.9. The Morgan fingerprint density at radius 3 is 2.58 bits per heavy atom. The average Bonchev–Trinajstić information content (AvgIpc) is 3.19. The zero-order valence-corrected chi connectivity index (χ0v) is 17.5. The van der Waals surface area contributed by atoms with Crippen molar-refractivity contribution in [2.75, 3.05) is 17.2 Å². The van der Waals surface area contributed by atoms with E-state index in [1.807, 2.05) is 6.92 Å². The van der Waals surface area contributed by atoms with Gasteiger partial charge in [0.15, 0.2) is 5.75 Å². The van der Waals surface area contributed by atoms with Gasteiger partial charge in [-0.25, -0.2) is 0 Å². The molecular weight excluding hydrogens is 398 g/mol. The molecule has 0 spiro atoms. The van der Waals surface area contributed by atoms with Gasteiger partial charge < -0.3 is 25.8 Å². The van der Waals surface area contributed by atoms with E-state index in [1.165, 1.54) is 12.5 Å². The Morgan fingerprint density at radius 2 is 1.87 bits per heavy atom. The SMILES string of the molecule is CC1=COC(CNc2c(Nc3cccc(C(=O)NC4CCCCC4)c3O)c(=O)c2=O)C1. The van der Waals surface area contributed by atoms with E-state index >= 15 is 0 Å². The van der Waals surface area contributed by atoms with Gasteiger partial charge in [0.25, 0.3) is 16.8 Å². The number of hydrogen-bond acceptors (Lipinski definition) is 7. The number of anilines is 3. The molecular formula is C23H27N3O5. The van der Waals surface area contributed by atoms with E-state index in [2.05, 4.69) is 16.0 Å². The van der Waals surface area contributed by atoms with E-state index in [0.717, 1.165) is 37.7 Å². The Morgan fingerprint density at radius 1 is 1.13 bits per heavy atom. The number of phenolic OH excluding ortho intramolecular Hbond substituents is 1. The topological polar surface area (TPSA) is 117 Å². The summed E-state index contributed by atoms with van der Waals surface area (Å²) in [5.41, 5.74) is 0.396. The van der Waals surface area contributed by atoms with Gasteiger partial charge in [0.1, 0.15) is 17.5 Å². The molecule has 1 unspecified atom stereocenters. The smallest absolute Gasteiger partial charge is 0.255 e. The third kappa shape index (κ3) is 4.42. The molecule has 164 valence electrons. The minimum atomic E-state index is -0.666. The average molecular weight is 425 g/mol. The monoisotopic (exact) mass is 425 g/mol. The number of nitrogens with one attached hydrogen (secondary N) is 3. The summed E-state index contributed by atoms with van der Waals surface area (Å²) >= 11 is 0. The van der Waals surface area contributed by atoms with Crippen molar-refractivity contribution >= 4 is 23.0 Å². The van der Waals surface area contributed by atoms with Crippen LogP contribution in [-0.2, 0) is 4.74 Å². The molecule has 1 amide bonds. The lowest BCUT2D eigenvalue weighted by Crippen LogP contribution is -2.38. The molecule has 0 aromatic heterocycles. The lowest BCUT2D eigenvalue weighted by Gasteiger charge is -2.23. The van der Waals surface area contributed by atoms with E-state index < -0.39 is 10.9 Å². The van der Waals surface area contributed by atoms with Crippen LogP contribution in [0.4, 0.5) is 17.1 Å². The Labute approximate surface area is 180 Å². The van der Waals surface area contributed by atoms with Crippen molar-refractivity contribution in [1.82, 2.24) is 5.32 Å². The third-order valence-electron chi connectivity index (χ3n) is 5.91. The van der Waals surface area contributed by atoms with Crippen LogP contribution in [0, 0.1) is 0 Å². The number of ether oxygens (including phenoxy) is 1. The fourth-order valence-corrected chi connectivity index (χ4v) is 4.16. The van der Waals surface area contributed by atoms with Crippen LogP contribution < -0.4 is 26.8 Å². The van der Waals surface area contributed by atoms with E-state index in [0.29, 0.717) is 6.54 Å². The van der Waals surface area contributed by atoms with Crippen molar-refractivity contribution in [3.8, 4) is 5.75 Å². The number of aromatic hydroxyl groups is 1. The highest BCUT2D eigenvalue weighted by Crippen LogP contribution is 2.32. The summed E-state index contributed by atoms with van der Waals surface area (Å²) < 4.78 is 5.48. The quantitative estimate of drug-likeness (QED) is 0.398. The minimum absolute atomic E-state index is 0.0767.